The fourth-order valence-electron chi connectivity index (χ4n) is 1.56. The van der Waals surface area contributed by atoms with Gasteiger partial charge in [0.15, 0.2) is 5.78 Å². The largest absolute Gasteiger partial charge is 0.292 e. The van der Waals surface area contributed by atoms with Crippen molar-refractivity contribution in [2.75, 3.05) is 0 Å². The maximum Gasteiger partial charge on any atom is 0.182 e. The number of nitrogens with zero attached hydrogens (tertiary/aromatic N) is 2. The van der Waals surface area contributed by atoms with Gasteiger partial charge in [-0.15, -0.1) is 0 Å². The van der Waals surface area contributed by atoms with E-state index in [-0.39, 0.29) is 5.78 Å². The van der Waals surface area contributed by atoms with E-state index in [0.29, 0.717) is 18.0 Å². The van der Waals surface area contributed by atoms with Gasteiger partial charge in [0.2, 0.25) is 0 Å². The Balaban J connectivity index is 2.28. The van der Waals surface area contributed by atoms with Crippen LogP contribution in [0.5, 0.6) is 0 Å². The van der Waals surface area contributed by atoms with Gasteiger partial charge in [-0.3, -0.25) is 9.48 Å². The second kappa shape index (κ2) is 2.98. The molecular weight excluding hydrogens is 164 g/mol. The number of Topliss-reactive ketones (excluding diaryl/α,β-unsaturated/α-hetero) is 1. The van der Waals surface area contributed by atoms with Crippen molar-refractivity contribution in [1.29, 1.82) is 0 Å². The Morgan fingerprint density at radius 2 is 2.38 bits per heavy atom. The fourth-order valence-corrected chi connectivity index (χ4v) is 1.56. The highest BCUT2D eigenvalue weighted by molar-refractivity contribution is 5.94. The van der Waals surface area contributed by atoms with E-state index in [9.17, 15) is 4.79 Å². The van der Waals surface area contributed by atoms with E-state index in [1.165, 1.54) is 18.5 Å². The van der Waals surface area contributed by atoms with E-state index in [2.05, 4.69) is 5.10 Å². The van der Waals surface area contributed by atoms with Crippen molar-refractivity contribution in [1.82, 2.24) is 9.78 Å². The average Bonchev–Trinajstić information content (AvgIpc) is 2.89. The number of hydrogen-bond donors (Lipinski definition) is 0. The molecule has 0 amide bonds. The van der Waals surface area contributed by atoms with Crippen LogP contribution in [0.2, 0.25) is 0 Å². The molecule has 1 saturated carbocycles. The zero-order valence-electron chi connectivity index (χ0n) is 8.08. The molecule has 1 aromatic rings. The van der Waals surface area contributed by atoms with Crippen LogP contribution in [-0.4, -0.2) is 15.6 Å². The van der Waals surface area contributed by atoms with Crippen LogP contribution in [0.4, 0.5) is 0 Å². The van der Waals surface area contributed by atoms with Crippen molar-refractivity contribution in [3.8, 4) is 0 Å². The SMILES string of the molecule is CCC(=O)c1cc(C2CC2)n(C)n1. The number of hydrogen-bond acceptors (Lipinski definition) is 2. The number of carbonyl (C=O) groups is 1. The van der Waals surface area contributed by atoms with E-state index in [4.69, 9.17) is 0 Å². The van der Waals surface area contributed by atoms with Gasteiger partial charge in [0.1, 0.15) is 5.69 Å². The summed E-state index contributed by atoms with van der Waals surface area (Å²) in [5, 5.41) is 4.21. The number of rotatable bonds is 3. The highest BCUT2D eigenvalue weighted by atomic mass is 16.1. The summed E-state index contributed by atoms with van der Waals surface area (Å²) in [4.78, 5) is 11.3. The van der Waals surface area contributed by atoms with E-state index in [1.54, 1.807) is 0 Å². The van der Waals surface area contributed by atoms with Crippen LogP contribution in [0.3, 0.4) is 0 Å². The minimum absolute atomic E-state index is 0.141. The molecule has 0 N–H and O–H groups in total. The molecular formula is C10H14N2O. The van der Waals surface area contributed by atoms with E-state index in [0.717, 1.165) is 0 Å². The lowest BCUT2D eigenvalue weighted by atomic mass is 10.2. The van der Waals surface area contributed by atoms with Gasteiger partial charge in [-0.25, -0.2) is 0 Å². The summed E-state index contributed by atoms with van der Waals surface area (Å²) in [6.45, 7) is 1.87. The summed E-state index contributed by atoms with van der Waals surface area (Å²) in [6.07, 6.45) is 3.04. The van der Waals surface area contributed by atoms with Crippen molar-refractivity contribution in [2.45, 2.75) is 32.1 Å². The van der Waals surface area contributed by atoms with Gasteiger partial charge in [-0.05, 0) is 18.9 Å². The standard InChI is InChI=1S/C10H14N2O/c1-3-10(13)8-6-9(7-4-5-7)12(2)11-8/h6-7H,3-5H2,1-2H3. The quantitative estimate of drug-likeness (QED) is 0.662. The topological polar surface area (TPSA) is 34.9 Å². The minimum atomic E-state index is 0.141. The summed E-state index contributed by atoms with van der Waals surface area (Å²) in [5.41, 5.74) is 1.85. The Morgan fingerprint density at radius 3 is 2.92 bits per heavy atom. The molecule has 0 bridgehead atoms. The molecule has 13 heavy (non-hydrogen) atoms. The van der Waals surface area contributed by atoms with Gasteiger partial charge in [0.25, 0.3) is 0 Å². The first-order valence-corrected chi connectivity index (χ1v) is 4.79. The predicted molar refractivity (Wildman–Crippen MR) is 49.8 cm³/mol. The molecule has 3 heteroatoms. The van der Waals surface area contributed by atoms with Crippen LogP contribution in [0.1, 0.15) is 48.3 Å². The molecule has 1 heterocycles. The highest BCUT2D eigenvalue weighted by Crippen LogP contribution is 2.39. The fraction of sp³-hybridized carbons (Fsp3) is 0.600. The Kier molecular flexibility index (Phi) is 1.94. The van der Waals surface area contributed by atoms with Crippen LogP contribution in [-0.2, 0) is 7.05 Å². The highest BCUT2D eigenvalue weighted by Gasteiger charge is 2.27. The van der Waals surface area contributed by atoms with Crippen molar-refractivity contribution in [3.05, 3.63) is 17.5 Å². The molecule has 1 aliphatic rings. The maximum atomic E-state index is 11.3. The molecule has 0 spiro atoms. The van der Waals surface area contributed by atoms with Gasteiger partial charge in [0.05, 0.1) is 0 Å². The molecule has 1 aliphatic carbocycles. The smallest absolute Gasteiger partial charge is 0.182 e. The van der Waals surface area contributed by atoms with Crippen molar-refractivity contribution < 1.29 is 4.79 Å². The van der Waals surface area contributed by atoms with Crippen molar-refractivity contribution in [2.24, 2.45) is 7.05 Å². The number of ketones is 1. The Bertz CT molecular complexity index is 337. The zero-order valence-corrected chi connectivity index (χ0v) is 8.08. The van der Waals surface area contributed by atoms with Gasteiger partial charge >= 0.3 is 0 Å². The lowest BCUT2D eigenvalue weighted by Gasteiger charge is -1.94. The second-order valence-electron chi connectivity index (χ2n) is 3.63. The van der Waals surface area contributed by atoms with E-state index in [1.807, 2.05) is 24.7 Å². The van der Waals surface area contributed by atoms with Crippen LogP contribution in [0.25, 0.3) is 0 Å². The van der Waals surface area contributed by atoms with Crippen LogP contribution >= 0.6 is 0 Å². The summed E-state index contributed by atoms with van der Waals surface area (Å²) in [7, 11) is 1.92. The number of aromatic nitrogens is 2. The predicted octanol–water partition coefficient (Wildman–Crippen LogP) is 1.89. The lowest BCUT2D eigenvalue weighted by Crippen LogP contribution is -2.00. The van der Waals surface area contributed by atoms with Crippen LogP contribution in [0.15, 0.2) is 6.07 Å². The Morgan fingerprint density at radius 1 is 1.69 bits per heavy atom. The third-order valence-electron chi connectivity index (χ3n) is 2.52. The first kappa shape index (κ1) is 8.48. The Labute approximate surface area is 77.7 Å². The first-order valence-electron chi connectivity index (χ1n) is 4.79. The molecule has 1 aromatic heterocycles. The third-order valence-corrected chi connectivity index (χ3v) is 2.52. The summed E-state index contributed by atoms with van der Waals surface area (Å²) >= 11 is 0. The van der Waals surface area contributed by atoms with Gasteiger partial charge in [-0.2, -0.15) is 5.10 Å². The number of carbonyl (C=O) groups excluding carboxylic acids is 1. The average molecular weight is 178 g/mol. The van der Waals surface area contributed by atoms with E-state index < -0.39 is 0 Å². The van der Waals surface area contributed by atoms with Gasteiger partial charge in [0, 0.05) is 25.1 Å². The van der Waals surface area contributed by atoms with Crippen molar-refractivity contribution in [3.63, 3.8) is 0 Å². The zero-order chi connectivity index (χ0) is 9.42. The summed E-state index contributed by atoms with van der Waals surface area (Å²) in [5.74, 6) is 0.804. The monoisotopic (exact) mass is 178 g/mol. The molecule has 2 rings (SSSR count). The number of aryl methyl sites for hydroxylation is 1. The normalized spacial score (nSPS) is 16.2. The molecule has 0 saturated heterocycles. The molecule has 70 valence electrons. The summed E-state index contributed by atoms with van der Waals surface area (Å²) < 4.78 is 1.85. The van der Waals surface area contributed by atoms with Gasteiger partial charge in [-0.1, -0.05) is 6.92 Å². The third kappa shape index (κ3) is 1.50. The maximum absolute atomic E-state index is 11.3. The molecule has 0 radical (unpaired) electrons. The molecule has 0 aliphatic heterocycles. The van der Waals surface area contributed by atoms with Crippen LogP contribution in [0, 0.1) is 0 Å². The minimum Gasteiger partial charge on any atom is -0.292 e. The van der Waals surface area contributed by atoms with E-state index >= 15 is 0 Å². The second-order valence-corrected chi connectivity index (χ2v) is 3.63. The Hall–Kier alpha value is -1.12. The molecule has 3 nitrogen and oxygen atoms in total. The molecule has 0 unspecified atom stereocenters. The van der Waals surface area contributed by atoms with Crippen molar-refractivity contribution >= 4 is 5.78 Å². The summed E-state index contributed by atoms with van der Waals surface area (Å²) in [6, 6.07) is 1.95. The van der Waals surface area contributed by atoms with Gasteiger partial charge < -0.3 is 0 Å². The van der Waals surface area contributed by atoms with Crippen LogP contribution < -0.4 is 0 Å². The molecule has 0 atom stereocenters. The molecule has 1 fully saturated rings. The molecule has 0 aromatic carbocycles. The first-order chi connectivity index (χ1) is 6.22. The lowest BCUT2D eigenvalue weighted by molar-refractivity contribution is 0.0982.